The largest absolute Gasteiger partial charge is 0.481 e. The highest BCUT2D eigenvalue weighted by atomic mass is 16.5. The Morgan fingerprint density at radius 1 is 1.00 bits per heavy atom. The lowest BCUT2D eigenvalue weighted by Gasteiger charge is -2.19. The number of fused-ring (bicyclic) bond motifs is 3. The molecule has 2 aromatic carbocycles. The van der Waals surface area contributed by atoms with E-state index in [4.69, 9.17) is 14.9 Å². The predicted molar refractivity (Wildman–Crippen MR) is 110 cm³/mol. The van der Waals surface area contributed by atoms with Crippen molar-refractivity contribution in [3.8, 4) is 11.1 Å². The summed E-state index contributed by atoms with van der Waals surface area (Å²) in [5, 5.41) is 31.7. The summed E-state index contributed by atoms with van der Waals surface area (Å²) in [6, 6.07) is 14.2. The minimum Gasteiger partial charge on any atom is -0.481 e. The molecular weight excluding hydrogens is 404 g/mol. The van der Waals surface area contributed by atoms with Crippen LogP contribution in [-0.2, 0) is 14.3 Å². The van der Waals surface area contributed by atoms with Gasteiger partial charge in [0.05, 0.1) is 19.1 Å². The summed E-state index contributed by atoms with van der Waals surface area (Å²) < 4.78 is 5.34. The number of carboxylic acid groups (broad SMARTS) is 1. The number of hydrogen-bond acceptors (Lipinski definition) is 6. The number of ether oxygens (including phenoxy) is 1. The van der Waals surface area contributed by atoms with Crippen LogP contribution in [0.3, 0.4) is 0 Å². The molecule has 2 atom stereocenters. The van der Waals surface area contributed by atoms with E-state index in [9.17, 15) is 19.5 Å². The number of hydrogen-bond donors (Lipinski definition) is 5. The molecule has 1 aliphatic rings. The molecule has 0 bridgehead atoms. The summed E-state index contributed by atoms with van der Waals surface area (Å²) in [6.07, 6.45) is -2.78. The zero-order valence-corrected chi connectivity index (χ0v) is 16.7. The van der Waals surface area contributed by atoms with Crippen LogP contribution in [-0.4, -0.2) is 65.2 Å². The number of rotatable bonds is 9. The van der Waals surface area contributed by atoms with Gasteiger partial charge in [-0.15, -0.1) is 0 Å². The number of benzene rings is 2. The Balaban J connectivity index is 1.64. The number of carboxylic acids is 1. The molecule has 0 aliphatic heterocycles. The Labute approximate surface area is 178 Å². The van der Waals surface area contributed by atoms with E-state index < -0.39 is 43.1 Å². The molecule has 0 aromatic heterocycles. The van der Waals surface area contributed by atoms with E-state index in [1.807, 2.05) is 48.5 Å². The van der Waals surface area contributed by atoms with Crippen LogP contribution >= 0.6 is 0 Å². The Bertz CT molecular complexity index is 917. The normalized spacial score (nSPS) is 14.1. The molecular formula is C22H24N2O7. The minimum atomic E-state index is -1.39. The number of nitrogens with one attached hydrogen (secondary N) is 2. The van der Waals surface area contributed by atoms with E-state index in [1.165, 1.54) is 0 Å². The van der Waals surface area contributed by atoms with Crippen LogP contribution in [0, 0.1) is 0 Å². The monoisotopic (exact) mass is 428 g/mol. The summed E-state index contributed by atoms with van der Waals surface area (Å²) in [7, 11) is 0. The number of aliphatic hydroxyl groups is 2. The van der Waals surface area contributed by atoms with E-state index in [2.05, 4.69) is 10.6 Å². The van der Waals surface area contributed by atoms with Crippen molar-refractivity contribution < 1.29 is 34.4 Å². The Kier molecular flexibility index (Phi) is 7.22. The van der Waals surface area contributed by atoms with Gasteiger partial charge in [0.25, 0.3) is 0 Å². The Morgan fingerprint density at radius 2 is 1.58 bits per heavy atom. The van der Waals surface area contributed by atoms with E-state index in [0.717, 1.165) is 22.3 Å². The SMILES string of the molecule is O=C(O)CC(NC(=O)OCC1c2ccccc2-c2ccccc21)C(=O)NCC(O)CO. The molecule has 5 N–H and O–H groups in total. The third-order valence-corrected chi connectivity index (χ3v) is 5.05. The first kappa shape index (κ1) is 22.3. The maximum atomic E-state index is 12.3. The Hall–Kier alpha value is -3.43. The topological polar surface area (TPSA) is 145 Å². The van der Waals surface area contributed by atoms with E-state index >= 15 is 0 Å². The van der Waals surface area contributed by atoms with Gasteiger partial charge in [-0.3, -0.25) is 9.59 Å². The van der Waals surface area contributed by atoms with Gasteiger partial charge in [-0.25, -0.2) is 4.79 Å². The summed E-state index contributed by atoms with van der Waals surface area (Å²) in [4.78, 5) is 35.6. The van der Waals surface area contributed by atoms with Crippen LogP contribution in [0.15, 0.2) is 48.5 Å². The predicted octanol–water partition coefficient (Wildman–Crippen LogP) is 0.838. The standard InChI is InChI=1S/C22H24N2O7/c25-11-13(26)10-23-21(29)19(9-20(27)28)24-22(30)31-12-18-16-7-3-1-5-14(16)15-6-2-4-8-17(15)18/h1-8,13,18-19,25-26H,9-12H2,(H,23,29)(H,24,30)(H,27,28). The van der Waals surface area contributed by atoms with Crippen molar-refractivity contribution in [3.05, 3.63) is 59.7 Å². The lowest BCUT2D eigenvalue weighted by atomic mass is 9.98. The summed E-state index contributed by atoms with van der Waals surface area (Å²) in [5.74, 6) is -2.27. The number of amides is 2. The van der Waals surface area contributed by atoms with Crippen LogP contribution in [0.5, 0.6) is 0 Å². The van der Waals surface area contributed by atoms with Crippen LogP contribution < -0.4 is 10.6 Å². The number of aliphatic carboxylic acids is 1. The fourth-order valence-electron chi connectivity index (χ4n) is 3.57. The molecule has 0 fully saturated rings. The fourth-order valence-corrected chi connectivity index (χ4v) is 3.57. The highest BCUT2D eigenvalue weighted by Crippen LogP contribution is 2.44. The van der Waals surface area contributed by atoms with Crippen molar-refractivity contribution in [2.24, 2.45) is 0 Å². The minimum absolute atomic E-state index is 0.0184. The molecule has 164 valence electrons. The molecule has 2 aromatic rings. The zero-order valence-electron chi connectivity index (χ0n) is 16.7. The van der Waals surface area contributed by atoms with E-state index in [1.54, 1.807) is 0 Å². The molecule has 0 spiro atoms. The van der Waals surface area contributed by atoms with Gasteiger partial charge in [0, 0.05) is 12.5 Å². The van der Waals surface area contributed by atoms with Crippen molar-refractivity contribution in [2.75, 3.05) is 19.8 Å². The van der Waals surface area contributed by atoms with E-state index in [0.29, 0.717) is 0 Å². The van der Waals surface area contributed by atoms with Crippen LogP contribution in [0.25, 0.3) is 11.1 Å². The average molecular weight is 428 g/mol. The first-order valence-corrected chi connectivity index (χ1v) is 9.80. The van der Waals surface area contributed by atoms with Crippen molar-refractivity contribution >= 4 is 18.0 Å². The van der Waals surface area contributed by atoms with Gasteiger partial charge in [-0.2, -0.15) is 0 Å². The molecule has 2 amide bonds. The average Bonchev–Trinajstić information content (AvgIpc) is 3.08. The van der Waals surface area contributed by atoms with Crippen molar-refractivity contribution in [1.29, 1.82) is 0 Å². The zero-order chi connectivity index (χ0) is 22.4. The maximum absolute atomic E-state index is 12.3. The highest BCUT2D eigenvalue weighted by Gasteiger charge is 2.30. The van der Waals surface area contributed by atoms with Gasteiger partial charge in [0.1, 0.15) is 12.6 Å². The molecule has 9 nitrogen and oxygen atoms in total. The molecule has 0 radical (unpaired) electrons. The highest BCUT2D eigenvalue weighted by molar-refractivity contribution is 5.89. The molecule has 0 saturated carbocycles. The smallest absolute Gasteiger partial charge is 0.407 e. The molecule has 1 aliphatic carbocycles. The number of carbonyl (C=O) groups excluding carboxylic acids is 2. The summed E-state index contributed by atoms with van der Waals surface area (Å²) in [6.45, 7) is -0.827. The molecule has 2 unspecified atom stereocenters. The molecule has 31 heavy (non-hydrogen) atoms. The maximum Gasteiger partial charge on any atom is 0.407 e. The van der Waals surface area contributed by atoms with Gasteiger partial charge in [-0.1, -0.05) is 48.5 Å². The number of alkyl carbamates (subject to hydrolysis) is 1. The lowest BCUT2D eigenvalue weighted by molar-refractivity contribution is -0.139. The Morgan fingerprint density at radius 3 is 2.13 bits per heavy atom. The molecule has 0 heterocycles. The third kappa shape index (κ3) is 5.39. The first-order valence-electron chi connectivity index (χ1n) is 9.80. The van der Waals surface area contributed by atoms with Crippen molar-refractivity contribution in [2.45, 2.75) is 24.5 Å². The summed E-state index contributed by atoms with van der Waals surface area (Å²) in [5.41, 5.74) is 4.18. The summed E-state index contributed by atoms with van der Waals surface area (Å²) >= 11 is 0. The second-order valence-electron chi connectivity index (χ2n) is 7.20. The fraction of sp³-hybridized carbons (Fsp3) is 0.318. The van der Waals surface area contributed by atoms with Crippen molar-refractivity contribution in [1.82, 2.24) is 10.6 Å². The van der Waals surface area contributed by atoms with Crippen LogP contribution in [0.1, 0.15) is 23.5 Å². The van der Waals surface area contributed by atoms with Crippen molar-refractivity contribution in [3.63, 3.8) is 0 Å². The molecule has 3 rings (SSSR count). The van der Waals surface area contributed by atoms with Gasteiger partial charge >= 0.3 is 12.1 Å². The number of aliphatic hydroxyl groups excluding tert-OH is 2. The van der Waals surface area contributed by atoms with Gasteiger partial charge < -0.3 is 30.7 Å². The second-order valence-corrected chi connectivity index (χ2v) is 7.20. The number of carbonyl (C=O) groups is 3. The van der Waals surface area contributed by atoms with Crippen LogP contribution in [0.2, 0.25) is 0 Å². The quantitative estimate of drug-likeness (QED) is 0.398. The third-order valence-electron chi connectivity index (χ3n) is 5.05. The molecule has 9 heteroatoms. The molecule has 0 saturated heterocycles. The van der Waals surface area contributed by atoms with Crippen LogP contribution in [0.4, 0.5) is 4.79 Å². The second kappa shape index (κ2) is 10.1. The lowest BCUT2D eigenvalue weighted by Crippen LogP contribution is -2.49. The van der Waals surface area contributed by atoms with Gasteiger partial charge in [0.2, 0.25) is 5.91 Å². The van der Waals surface area contributed by atoms with E-state index in [-0.39, 0.29) is 19.1 Å². The first-order chi connectivity index (χ1) is 14.9. The van der Waals surface area contributed by atoms with Gasteiger partial charge in [-0.05, 0) is 22.3 Å². The van der Waals surface area contributed by atoms with Gasteiger partial charge in [0.15, 0.2) is 0 Å².